The van der Waals surface area contributed by atoms with Crippen molar-refractivity contribution in [2.75, 3.05) is 18.5 Å². The molecule has 52 valence electrons. The fourth-order valence-electron chi connectivity index (χ4n) is 1.33. The minimum Gasteiger partial charge on any atom is -0.323 e. The van der Waals surface area contributed by atoms with E-state index in [1.54, 1.807) is 6.08 Å². The van der Waals surface area contributed by atoms with Crippen LogP contribution in [0.5, 0.6) is 0 Å². The van der Waals surface area contributed by atoms with Crippen LogP contribution in [0.4, 0.5) is 0 Å². The molecule has 0 amide bonds. The van der Waals surface area contributed by atoms with E-state index in [4.69, 9.17) is 0 Å². The highest BCUT2D eigenvalue weighted by Crippen LogP contribution is 2.51. The van der Waals surface area contributed by atoms with Crippen molar-refractivity contribution in [1.29, 1.82) is 0 Å². The van der Waals surface area contributed by atoms with Gasteiger partial charge < -0.3 is 4.57 Å². The van der Waals surface area contributed by atoms with Gasteiger partial charge in [-0.15, -0.1) is 6.58 Å². The van der Waals surface area contributed by atoms with Gasteiger partial charge in [0, 0.05) is 18.5 Å². The average molecular weight is 144 g/mol. The molecule has 0 bridgehead atoms. The molecule has 0 spiro atoms. The van der Waals surface area contributed by atoms with E-state index in [0.29, 0.717) is 0 Å². The molecule has 0 aromatic rings. The summed E-state index contributed by atoms with van der Waals surface area (Å²) in [7, 11) is -1.69. The van der Waals surface area contributed by atoms with Crippen molar-refractivity contribution < 1.29 is 4.57 Å². The Morgan fingerprint density at radius 2 is 2.00 bits per heavy atom. The Balaban J connectivity index is 2.51. The highest BCUT2D eigenvalue weighted by atomic mass is 31.2. The first kappa shape index (κ1) is 7.08. The van der Waals surface area contributed by atoms with E-state index in [0.717, 1.165) is 18.5 Å². The zero-order valence-corrected chi connectivity index (χ0v) is 6.57. The third kappa shape index (κ3) is 1.69. The lowest BCUT2D eigenvalue weighted by molar-refractivity contribution is 0.580. The molecule has 1 heterocycles. The van der Waals surface area contributed by atoms with Crippen molar-refractivity contribution >= 4 is 7.14 Å². The predicted octanol–water partition coefficient (Wildman–Crippen LogP) is 2.33. The molecular weight excluding hydrogens is 131 g/mol. The molecule has 2 heteroatoms. The Hall–Kier alpha value is -0.0300. The van der Waals surface area contributed by atoms with Gasteiger partial charge in [-0.1, -0.05) is 6.08 Å². The quantitative estimate of drug-likeness (QED) is 0.429. The SMILES string of the molecule is C=CCP1(=O)CCCC1. The normalized spacial score (nSPS) is 24.0. The molecule has 1 saturated heterocycles. The smallest absolute Gasteiger partial charge is 0.0913 e. The third-order valence-electron chi connectivity index (χ3n) is 1.84. The highest BCUT2D eigenvalue weighted by molar-refractivity contribution is 7.64. The van der Waals surface area contributed by atoms with Gasteiger partial charge in [0.1, 0.15) is 0 Å². The van der Waals surface area contributed by atoms with Gasteiger partial charge in [-0.25, -0.2) is 0 Å². The highest BCUT2D eigenvalue weighted by Gasteiger charge is 2.24. The summed E-state index contributed by atoms with van der Waals surface area (Å²) in [6.07, 6.45) is 6.85. The molecule has 9 heavy (non-hydrogen) atoms. The van der Waals surface area contributed by atoms with E-state index in [2.05, 4.69) is 6.58 Å². The summed E-state index contributed by atoms with van der Waals surface area (Å²) in [5, 5.41) is 0. The fraction of sp³-hybridized carbons (Fsp3) is 0.714. The zero-order valence-electron chi connectivity index (χ0n) is 5.68. The molecule has 0 aliphatic carbocycles. The van der Waals surface area contributed by atoms with Crippen LogP contribution in [0.25, 0.3) is 0 Å². The molecule has 1 nitrogen and oxygen atoms in total. The van der Waals surface area contributed by atoms with Gasteiger partial charge in [0.25, 0.3) is 0 Å². The molecule has 0 N–H and O–H groups in total. The molecule has 0 aromatic carbocycles. The molecule has 0 saturated carbocycles. The Morgan fingerprint density at radius 1 is 1.44 bits per heavy atom. The topological polar surface area (TPSA) is 17.1 Å². The summed E-state index contributed by atoms with van der Waals surface area (Å²) >= 11 is 0. The van der Waals surface area contributed by atoms with Gasteiger partial charge in [-0.05, 0) is 12.8 Å². The third-order valence-corrected chi connectivity index (χ3v) is 5.03. The first-order valence-electron chi connectivity index (χ1n) is 3.45. The average Bonchev–Trinajstić information content (AvgIpc) is 2.16. The summed E-state index contributed by atoms with van der Waals surface area (Å²) in [5.74, 6) is 0. The molecule has 0 radical (unpaired) electrons. The first-order chi connectivity index (χ1) is 4.27. The second-order valence-electron chi connectivity index (χ2n) is 2.68. The molecule has 1 aliphatic heterocycles. The maximum absolute atomic E-state index is 11.5. The number of allylic oxidation sites excluding steroid dienone is 1. The fourth-order valence-corrected chi connectivity index (χ4v) is 3.99. The summed E-state index contributed by atoms with van der Waals surface area (Å²) in [5.41, 5.74) is 0. The first-order valence-corrected chi connectivity index (χ1v) is 5.71. The Labute approximate surface area is 56.5 Å². The molecular formula is C7H13OP. The monoisotopic (exact) mass is 144 g/mol. The van der Waals surface area contributed by atoms with Crippen LogP contribution < -0.4 is 0 Å². The molecule has 1 fully saturated rings. The lowest BCUT2D eigenvalue weighted by atomic mass is 10.4. The number of rotatable bonds is 2. The second-order valence-corrected chi connectivity index (χ2v) is 6.06. The zero-order chi connectivity index (χ0) is 6.74. The van der Waals surface area contributed by atoms with Crippen LogP contribution in [0.15, 0.2) is 12.7 Å². The van der Waals surface area contributed by atoms with Crippen molar-refractivity contribution in [1.82, 2.24) is 0 Å². The predicted molar refractivity (Wildman–Crippen MR) is 41.6 cm³/mol. The lowest BCUT2D eigenvalue weighted by Crippen LogP contribution is -1.86. The minimum atomic E-state index is -1.69. The van der Waals surface area contributed by atoms with Gasteiger partial charge in [-0.2, -0.15) is 0 Å². The summed E-state index contributed by atoms with van der Waals surface area (Å²) in [6.45, 7) is 3.60. The van der Waals surface area contributed by atoms with Gasteiger partial charge >= 0.3 is 0 Å². The van der Waals surface area contributed by atoms with Crippen molar-refractivity contribution in [2.24, 2.45) is 0 Å². The van der Waals surface area contributed by atoms with E-state index in [1.165, 1.54) is 12.8 Å². The lowest BCUT2D eigenvalue weighted by Gasteiger charge is -2.04. The van der Waals surface area contributed by atoms with Gasteiger partial charge in [0.05, 0.1) is 7.14 Å². The largest absolute Gasteiger partial charge is 0.323 e. The van der Waals surface area contributed by atoms with Crippen LogP contribution in [0, 0.1) is 0 Å². The molecule has 1 aliphatic rings. The molecule has 0 aromatic heterocycles. The Bertz CT molecular complexity index is 141. The van der Waals surface area contributed by atoms with E-state index in [-0.39, 0.29) is 0 Å². The van der Waals surface area contributed by atoms with Crippen LogP contribution in [-0.2, 0) is 4.57 Å². The minimum absolute atomic E-state index is 0.771. The molecule has 0 unspecified atom stereocenters. The van der Waals surface area contributed by atoms with Crippen molar-refractivity contribution in [2.45, 2.75) is 12.8 Å². The van der Waals surface area contributed by atoms with Crippen molar-refractivity contribution in [3.63, 3.8) is 0 Å². The van der Waals surface area contributed by atoms with Crippen molar-refractivity contribution in [3.05, 3.63) is 12.7 Å². The van der Waals surface area contributed by atoms with E-state index < -0.39 is 7.14 Å². The number of hydrogen-bond acceptors (Lipinski definition) is 1. The van der Waals surface area contributed by atoms with E-state index in [1.807, 2.05) is 0 Å². The van der Waals surface area contributed by atoms with Crippen LogP contribution in [0.3, 0.4) is 0 Å². The standard InChI is InChI=1S/C7H13OP/c1-2-5-9(8)6-3-4-7-9/h2H,1,3-7H2. The van der Waals surface area contributed by atoms with Crippen LogP contribution in [0.1, 0.15) is 12.8 Å². The van der Waals surface area contributed by atoms with Crippen molar-refractivity contribution in [3.8, 4) is 0 Å². The Morgan fingerprint density at radius 3 is 2.44 bits per heavy atom. The van der Waals surface area contributed by atoms with Crippen LogP contribution in [-0.4, -0.2) is 18.5 Å². The summed E-state index contributed by atoms with van der Waals surface area (Å²) in [4.78, 5) is 0. The van der Waals surface area contributed by atoms with Crippen LogP contribution in [0.2, 0.25) is 0 Å². The summed E-state index contributed by atoms with van der Waals surface area (Å²) < 4.78 is 11.5. The maximum Gasteiger partial charge on any atom is 0.0913 e. The van der Waals surface area contributed by atoms with Gasteiger partial charge in [0.2, 0.25) is 0 Å². The van der Waals surface area contributed by atoms with E-state index in [9.17, 15) is 4.57 Å². The summed E-state index contributed by atoms with van der Waals surface area (Å²) in [6, 6.07) is 0. The molecule has 0 atom stereocenters. The van der Waals surface area contributed by atoms with Crippen LogP contribution >= 0.6 is 7.14 Å². The van der Waals surface area contributed by atoms with E-state index >= 15 is 0 Å². The second kappa shape index (κ2) is 2.70. The molecule has 1 rings (SSSR count). The maximum atomic E-state index is 11.5. The van der Waals surface area contributed by atoms with Gasteiger partial charge in [0.15, 0.2) is 0 Å². The van der Waals surface area contributed by atoms with Gasteiger partial charge in [-0.3, -0.25) is 0 Å². The number of hydrogen-bond donors (Lipinski definition) is 0. The Kier molecular flexibility index (Phi) is 2.13.